The molecule has 0 saturated carbocycles. The number of carbonyl (C=O) groups is 2. The van der Waals surface area contributed by atoms with Crippen LogP contribution >= 0.6 is 0 Å². The lowest BCUT2D eigenvalue weighted by Crippen LogP contribution is -2.29. The molecule has 1 aliphatic rings. The molecule has 1 heterocycles. The second-order valence-electron chi connectivity index (χ2n) is 5.20. The third kappa shape index (κ3) is 2.09. The van der Waals surface area contributed by atoms with Crippen molar-refractivity contribution in [2.75, 3.05) is 12.0 Å². The normalized spacial score (nSPS) is 13.6. The quantitative estimate of drug-likeness (QED) is 0.795. The van der Waals surface area contributed by atoms with E-state index in [1.165, 1.54) is 12.0 Å². The highest BCUT2D eigenvalue weighted by Gasteiger charge is 2.37. The SMILES string of the molecule is COc1ccc2c(c1)C(=O)N(c1cc(C)cc(C)c1)C2=O. The third-order valence-corrected chi connectivity index (χ3v) is 3.56. The Balaban J connectivity index is 2.11. The van der Waals surface area contributed by atoms with Gasteiger partial charge in [-0.1, -0.05) is 6.07 Å². The van der Waals surface area contributed by atoms with Crippen molar-refractivity contribution in [3.63, 3.8) is 0 Å². The number of imide groups is 1. The first-order valence-corrected chi connectivity index (χ1v) is 6.66. The first kappa shape index (κ1) is 13.4. The number of hydrogen-bond acceptors (Lipinski definition) is 3. The molecule has 0 saturated heterocycles. The zero-order chi connectivity index (χ0) is 15.1. The van der Waals surface area contributed by atoms with E-state index in [4.69, 9.17) is 4.74 Å². The molecule has 0 atom stereocenters. The Kier molecular flexibility index (Phi) is 3.01. The summed E-state index contributed by atoms with van der Waals surface area (Å²) in [5, 5.41) is 0. The zero-order valence-corrected chi connectivity index (χ0v) is 12.1. The van der Waals surface area contributed by atoms with Crippen molar-refractivity contribution in [1.29, 1.82) is 0 Å². The third-order valence-electron chi connectivity index (χ3n) is 3.56. The van der Waals surface area contributed by atoms with Crippen molar-refractivity contribution in [1.82, 2.24) is 0 Å². The fraction of sp³-hybridized carbons (Fsp3) is 0.176. The molecule has 21 heavy (non-hydrogen) atoms. The average molecular weight is 281 g/mol. The summed E-state index contributed by atoms with van der Waals surface area (Å²) in [4.78, 5) is 26.3. The lowest BCUT2D eigenvalue weighted by molar-refractivity contribution is 0.0926. The van der Waals surface area contributed by atoms with Crippen molar-refractivity contribution >= 4 is 17.5 Å². The minimum atomic E-state index is -0.307. The van der Waals surface area contributed by atoms with Gasteiger partial charge in [-0.05, 0) is 55.3 Å². The van der Waals surface area contributed by atoms with Crippen LogP contribution in [0.4, 0.5) is 5.69 Å². The molecule has 0 bridgehead atoms. The predicted octanol–water partition coefficient (Wildman–Crippen LogP) is 3.11. The van der Waals surface area contributed by atoms with Gasteiger partial charge in [0.2, 0.25) is 0 Å². The van der Waals surface area contributed by atoms with E-state index in [0.717, 1.165) is 11.1 Å². The molecule has 2 aromatic rings. The maximum absolute atomic E-state index is 12.5. The van der Waals surface area contributed by atoms with Gasteiger partial charge in [0.1, 0.15) is 5.75 Å². The van der Waals surface area contributed by atoms with Crippen LogP contribution < -0.4 is 9.64 Å². The Bertz CT molecular complexity index is 744. The van der Waals surface area contributed by atoms with Crippen LogP contribution in [0.25, 0.3) is 0 Å². The largest absolute Gasteiger partial charge is 0.497 e. The highest BCUT2D eigenvalue weighted by Crippen LogP contribution is 2.31. The molecular formula is C17H15NO3. The Hall–Kier alpha value is -2.62. The van der Waals surface area contributed by atoms with Crippen LogP contribution in [0, 0.1) is 13.8 Å². The molecule has 2 aromatic carbocycles. The van der Waals surface area contributed by atoms with Crippen LogP contribution in [0.2, 0.25) is 0 Å². The maximum Gasteiger partial charge on any atom is 0.266 e. The second kappa shape index (κ2) is 4.74. The molecule has 4 nitrogen and oxygen atoms in total. The molecule has 106 valence electrons. The Morgan fingerprint density at radius 2 is 1.48 bits per heavy atom. The number of amides is 2. The van der Waals surface area contributed by atoms with Gasteiger partial charge in [0.05, 0.1) is 23.9 Å². The number of carbonyl (C=O) groups excluding carboxylic acids is 2. The van der Waals surface area contributed by atoms with Crippen molar-refractivity contribution in [2.45, 2.75) is 13.8 Å². The molecule has 0 spiro atoms. The number of rotatable bonds is 2. The van der Waals surface area contributed by atoms with Crippen molar-refractivity contribution in [3.05, 3.63) is 58.7 Å². The summed E-state index contributed by atoms with van der Waals surface area (Å²) in [5.74, 6) is -0.0290. The Morgan fingerprint density at radius 1 is 0.857 bits per heavy atom. The fourth-order valence-corrected chi connectivity index (χ4v) is 2.66. The number of ether oxygens (including phenoxy) is 1. The molecule has 0 radical (unpaired) electrons. The number of nitrogens with zero attached hydrogens (tertiary/aromatic N) is 1. The van der Waals surface area contributed by atoms with E-state index in [1.807, 2.05) is 32.0 Å². The summed E-state index contributed by atoms with van der Waals surface area (Å²) < 4.78 is 5.12. The highest BCUT2D eigenvalue weighted by atomic mass is 16.5. The van der Waals surface area contributed by atoms with E-state index in [1.54, 1.807) is 18.2 Å². The molecule has 2 amide bonds. The van der Waals surface area contributed by atoms with Gasteiger partial charge in [0.25, 0.3) is 11.8 Å². The van der Waals surface area contributed by atoms with E-state index in [0.29, 0.717) is 22.6 Å². The monoisotopic (exact) mass is 281 g/mol. The van der Waals surface area contributed by atoms with Gasteiger partial charge in [0.15, 0.2) is 0 Å². The average Bonchev–Trinajstić information content (AvgIpc) is 2.69. The minimum Gasteiger partial charge on any atom is -0.497 e. The molecule has 3 rings (SSSR count). The highest BCUT2D eigenvalue weighted by molar-refractivity contribution is 6.34. The van der Waals surface area contributed by atoms with Gasteiger partial charge in [-0.2, -0.15) is 0 Å². The van der Waals surface area contributed by atoms with Gasteiger partial charge in [-0.3, -0.25) is 9.59 Å². The van der Waals surface area contributed by atoms with Gasteiger partial charge in [0, 0.05) is 0 Å². The summed E-state index contributed by atoms with van der Waals surface area (Å²) in [7, 11) is 1.53. The van der Waals surface area contributed by atoms with E-state index < -0.39 is 0 Å². The predicted molar refractivity (Wildman–Crippen MR) is 80.1 cm³/mol. The lowest BCUT2D eigenvalue weighted by atomic mass is 10.1. The van der Waals surface area contributed by atoms with E-state index >= 15 is 0 Å². The number of anilines is 1. The van der Waals surface area contributed by atoms with Crippen molar-refractivity contribution < 1.29 is 14.3 Å². The van der Waals surface area contributed by atoms with Crippen LogP contribution in [-0.2, 0) is 0 Å². The summed E-state index contributed by atoms with van der Waals surface area (Å²) in [6.07, 6.45) is 0. The first-order valence-electron chi connectivity index (χ1n) is 6.66. The number of methoxy groups -OCH3 is 1. The molecule has 4 heteroatoms. The smallest absolute Gasteiger partial charge is 0.266 e. The summed E-state index contributed by atoms with van der Waals surface area (Å²) >= 11 is 0. The molecule has 0 N–H and O–H groups in total. The second-order valence-corrected chi connectivity index (χ2v) is 5.20. The Labute approximate surface area is 123 Å². The van der Waals surface area contributed by atoms with Crippen LogP contribution in [0.1, 0.15) is 31.8 Å². The zero-order valence-electron chi connectivity index (χ0n) is 12.1. The van der Waals surface area contributed by atoms with E-state index in [9.17, 15) is 9.59 Å². The lowest BCUT2D eigenvalue weighted by Gasteiger charge is -2.15. The topological polar surface area (TPSA) is 46.6 Å². The van der Waals surface area contributed by atoms with Gasteiger partial charge >= 0.3 is 0 Å². The standard InChI is InChI=1S/C17H15NO3/c1-10-6-11(2)8-12(7-10)18-16(19)14-5-4-13(21-3)9-15(14)17(18)20/h4-9H,1-3H3. The number of aryl methyl sites for hydroxylation is 2. The summed E-state index contributed by atoms with van der Waals surface area (Å²) in [5.41, 5.74) is 3.44. The molecule has 0 aromatic heterocycles. The van der Waals surface area contributed by atoms with Gasteiger partial charge < -0.3 is 4.74 Å². The van der Waals surface area contributed by atoms with E-state index in [-0.39, 0.29) is 11.8 Å². The molecule has 0 unspecified atom stereocenters. The molecular weight excluding hydrogens is 266 g/mol. The number of fused-ring (bicyclic) bond motifs is 1. The molecule has 1 aliphatic heterocycles. The number of benzene rings is 2. The van der Waals surface area contributed by atoms with Gasteiger partial charge in [-0.15, -0.1) is 0 Å². The molecule has 0 aliphatic carbocycles. The minimum absolute atomic E-state index is 0.289. The maximum atomic E-state index is 12.5. The van der Waals surface area contributed by atoms with Crippen molar-refractivity contribution in [3.8, 4) is 5.75 Å². The summed E-state index contributed by atoms with van der Waals surface area (Å²) in [6, 6.07) is 10.6. The number of hydrogen-bond donors (Lipinski definition) is 0. The van der Waals surface area contributed by atoms with Crippen LogP contribution in [0.5, 0.6) is 5.75 Å². The summed E-state index contributed by atoms with van der Waals surface area (Å²) in [6.45, 7) is 3.88. The first-order chi connectivity index (χ1) is 10.0. The Morgan fingerprint density at radius 3 is 2.10 bits per heavy atom. The fourth-order valence-electron chi connectivity index (χ4n) is 2.66. The van der Waals surface area contributed by atoms with Crippen LogP contribution in [0.15, 0.2) is 36.4 Å². The van der Waals surface area contributed by atoms with Crippen molar-refractivity contribution in [2.24, 2.45) is 0 Å². The van der Waals surface area contributed by atoms with Crippen LogP contribution in [0.3, 0.4) is 0 Å². The van der Waals surface area contributed by atoms with E-state index in [2.05, 4.69) is 0 Å². The molecule has 0 fully saturated rings. The van der Waals surface area contributed by atoms with Gasteiger partial charge in [-0.25, -0.2) is 4.90 Å². The van der Waals surface area contributed by atoms with Crippen LogP contribution in [-0.4, -0.2) is 18.9 Å².